The minimum absolute atomic E-state index is 0.0318. The van der Waals surface area contributed by atoms with E-state index in [9.17, 15) is 4.79 Å². The van der Waals surface area contributed by atoms with Gasteiger partial charge < -0.3 is 4.74 Å². The van der Waals surface area contributed by atoms with Crippen molar-refractivity contribution >= 4 is 17.4 Å². The fourth-order valence-electron chi connectivity index (χ4n) is 1.74. The van der Waals surface area contributed by atoms with Gasteiger partial charge in [-0.25, -0.2) is 0 Å². The summed E-state index contributed by atoms with van der Waals surface area (Å²) in [6, 6.07) is 15.0. The molecule has 0 saturated heterocycles. The largest absolute Gasteiger partial charge is 0.369 e. The van der Waals surface area contributed by atoms with E-state index in [1.54, 1.807) is 18.2 Å². The van der Waals surface area contributed by atoms with Gasteiger partial charge in [0.1, 0.15) is 6.61 Å². The molecular formula is C16H15ClO2. The molecule has 0 saturated carbocycles. The number of benzene rings is 2. The molecule has 2 nitrogen and oxygen atoms in total. The Morgan fingerprint density at radius 2 is 1.89 bits per heavy atom. The minimum atomic E-state index is -0.0318. The standard InChI is InChI=1S/C16H15ClO2/c1-12-9-14(7-8-15(12)17)16(18)11-19-10-13-5-3-2-4-6-13/h2-9H,10-11H2,1H3. The van der Waals surface area contributed by atoms with Crippen LogP contribution >= 0.6 is 11.6 Å². The Kier molecular flexibility index (Phi) is 4.72. The summed E-state index contributed by atoms with van der Waals surface area (Å²) >= 11 is 5.93. The molecule has 0 bridgehead atoms. The lowest BCUT2D eigenvalue weighted by Gasteiger charge is -2.05. The van der Waals surface area contributed by atoms with Gasteiger partial charge in [0.05, 0.1) is 6.61 Å². The van der Waals surface area contributed by atoms with Gasteiger partial charge in [0.25, 0.3) is 0 Å². The van der Waals surface area contributed by atoms with E-state index in [-0.39, 0.29) is 12.4 Å². The van der Waals surface area contributed by atoms with Crippen molar-refractivity contribution in [1.82, 2.24) is 0 Å². The van der Waals surface area contributed by atoms with Gasteiger partial charge in [-0.05, 0) is 36.2 Å². The van der Waals surface area contributed by atoms with Crippen molar-refractivity contribution in [1.29, 1.82) is 0 Å². The van der Waals surface area contributed by atoms with E-state index in [0.717, 1.165) is 11.1 Å². The lowest BCUT2D eigenvalue weighted by atomic mass is 10.1. The number of carbonyl (C=O) groups is 1. The predicted octanol–water partition coefficient (Wildman–Crippen LogP) is 4.05. The van der Waals surface area contributed by atoms with Crippen LogP contribution in [0.25, 0.3) is 0 Å². The monoisotopic (exact) mass is 274 g/mol. The molecule has 0 fully saturated rings. The van der Waals surface area contributed by atoms with Crippen LogP contribution in [-0.2, 0) is 11.3 Å². The predicted molar refractivity (Wildman–Crippen MR) is 76.6 cm³/mol. The molecule has 0 radical (unpaired) electrons. The molecule has 0 aromatic heterocycles. The number of hydrogen-bond acceptors (Lipinski definition) is 2. The Hall–Kier alpha value is -1.64. The van der Waals surface area contributed by atoms with Crippen LogP contribution < -0.4 is 0 Å². The van der Waals surface area contributed by atoms with Gasteiger partial charge in [0.2, 0.25) is 0 Å². The Bertz CT molecular complexity index is 564. The molecule has 3 heteroatoms. The highest BCUT2D eigenvalue weighted by atomic mass is 35.5. The van der Waals surface area contributed by atoms with E-state index in [1.165, 1.54) is 0 Å². The average Bonchev–Trinajstić information content (AvgIpc) is 2.43. The van der Waals surface area contributed by atoms with Gasteiger partial charge >= 0.3 is 0 Å². The average molecular weight is 275 g/mol. The topological polar surface area (TPSA) is 26.3 Å². The molecule has 0 unspecified atom stereocenters. The summed E-state index contributed by atoms with van der Waals surface area (Å²) in [6.07, 6.45) is 0. The SMILES string of the molecule is Cc1cc(C(=O)COCc2ccccc2)ccc1Cl. The molecule has 2 aromatic carbocycles. The molecule has 0 amide bonds. The molecule has 0 aliphatic heterocycles. The number of Topliss-reactive ketones (excluding diaryl/α,β-unsaturated/α-hetero) is 1. The number of ketones is 1. The fraction of sp³-hybridized carbons (Fsp3) is 0.188. The van der Waals surface area contributed by atoms with Crippen molar-refractivity contribution in [2.75, 3.05) is 6.61 Å². The van der Waals surface area contributed by atoms with Crippen molar-refractivity contribution in [2.45, 2.75) is 13.5 Å². The molecule has 0 aliphatic rings. The number of halogens is 1. The van der Waals surface area contributed by atoms with Crippen LogP contribution in [0.2, 0.25) is 5.02 Å². The van der Waals surface area contributed by atoms with Crippen LogP contribution in [0.1, 0.15) is 21.5 Å². The van der Waals surface area contributed by atoms with Crippen LogP contribution in [0.4, 0.5) is 0 Å². The van der Waals surface area contributed by atoms with Gasteiger partial charge in [-0.2, -0.15) is 0 Å². The number of hydrogen-bond donors (Lipinski definition) is 0. The molecule has 98 valence electrons. The van der Waals surface area contributed by atoms with Crippen LogP contribution in [-0.4, -0.2) is 12.4 Å². The smallest absolute Gasteiger partial charge is 0.188 e. The summed E-state index contributed by atoms with van der Waals surface area (Å²) in [7, 11) is 0. The van der Waals surface area contributed by atoms with Crippen molar-refractivity contribution in [3.63, 3.8) is 0 Å². The molecule has 19 heavy (non-hydrogen) atoms. The zero-order valence-electron chi connectivity index (χ0n) is 10.7. The van der Waals surface area contributed by atoms with Crippen molar-refractivity contribution in [3.05, 3.63) is 70.2 Å². The zero-order valence-corrected chi connectivity index (χ0v) is 11.5. The summed E-state index contributed by atoms with van der Waals surface area (Å²) in [4.78, 5) is 11.9. The zero-order chi connectivity index (χ0) is 13.7. The second-order valence-corrected chi connectivity index (χ2v) is 4.77. The van der Waals surface area contributed by atoms with Crippen LogP contribution in [0.3, 0.4) is 0 Å². The summed E-state index contributed by atoms with van der Waals surface area (Å²) in [5.41, 5.74) is 2.59. The van der Waals surface area contributed by atoms with Crippen LogP contribution in [0.5, 0.6) is 0 Å². The highest BCUT2D eigenvalue weighted by Crippen LogP contribution is 2.16. The van der Waals surface area contributed by atoms with Crippen molar-refractivity contribution in [2.24, 2.45) is 0 Å². The second-order valence-electron chi connectivity index (χ2n) is 4.37. The third-order valence-electron chi connectivity index (χ3n) is 2.82. The Morgan fingerprint density at radius 3 is 2.58 bits per heavy atom. The lowest BCUT2D eigenvalue weighted by Crippen LogP contribution is -2.09. The van der Waals surface area contributed by atoms with E-state index in [4.69, 9.17) is 16.3 Å². The molecule has 0 aliphatic carbocycles. The Labute approximate surface area is 118 Å². The van der Waals surface area contributed by atoms with E-state index in [2.05, 4.69) is 0 Å². The number of ether oxygens (including phenoxy) is 1. The lowest BCUT2D eigenvalue weighted by molar-refractivity contribution is 0.0726. The molecule has 0 N–H and O–H groups in total. The molecule has 0 spiro atoms. The maximum atomic E-state index is 11.9. The molecule has 0 atom stereocenters. The van der Waals surface area contributed by atoms with Crippen molar-refractivity contribution < 1.29 is 9.53 Å². The normalized spacial score (nSPS) is 10.4. The van der Waals surface area contributed by atoms with Gasteiger partial charge in [-0.3, -0.25) is 4.79 Å². The summed E-state index contributed by atoms with van der Waals surface area (Å²) in [6.45, 7) is 2.40. The first-order valence-electron chi connectivity index (χ1n) is 6.08. The second kappa shape index (κ2) is 6.50. The molecule has 0 heterocycles. The third-order valence-corrected chi connectivity index (χ3v) is 3.25. The maximum Gasteiger partial charge on any atom is 0.188 e. The molecule has 2 rings (SSSR count). The van der Waals surface area contributed by atoms with Crippen molar-refractivity contribution in [3.8, 4) is 0 Å². The first kappa shape index (κ1) is 13.8. The van der Waals surface area contributed by atoms with Crippen LogP contribution in [0.15, 0.2) is 48.5 Å². The highest BCUT2D eigenvalue weighted by Gasteiger charge is 2.07. The number of rotatable bonds is 5. The summed E-state index contributed by atoms with van der Waals surface area (Å²) < 4.78 is 5.42. The van der Waals surface area contributed by atoms with Crippen LogP contribution in [0, 0.1) is 6.92 Å². The summed E-state index contributed by atoms with van der Waals surface area (Å²) in [5, 5.41) is 0.668. The van der Waals surface area contributed by atoms with E-state index in [1.807, 2.05) is 37.3 Å². The first-order valence-corrected chi connectivity index (χ1v) is 6.45. The van der Waals surface area contributed by atoms with E-state index >= 15 is 0 Å². The Balaban J connectivity index is 1.89. The van der Waals surface area contributed by atoms with Gasteiger partial charge in [-0.1, -0.05) is 41.9 Å². The number of carbonyl (C=O) groups excluding carboxylic acids is 1. The van der Waals surface area contributed by atoms with E-state index in [0.29, 0.717) is 17.2 Å². The maximum absolute atomic E-state index is 11.9. The number of aryl methyl sites for hydroxylation is 1. The van der Waals surface area contributed by atoms with E-state index < -0.39 is 0 Å². The van der Waals surface area contributed by atoms with Gasteiger partial charge in [-0.15, -0.1) is 0 Å². The quantitative estimate of drug-likeness (QED) is 0.769. The fourth-order valence-corrected chi connectivity index (χ4v) is 1.85. The first-order chi connectivity index (χ1) is 9.16. The summed E-state index contributed by atoms with van der Waals surface area (Å²) in [5.74, 6) is -0.0318. The Morgan fingerprint density at radius 1 is 1.16 bits per heavy atom. The van der Waals surface area contributed by atoms with Gasteiger partial charge in [0, 0.05) is 10.6 Å². The highest BCUT2D eigenvalue weighted by molar-refractivity contribution is 6.31. The molecular weight excluding hydrogens is 260 g/mol. The molecule has 2 aromatic rings. The minimum Gasteiger partial charge on any atom is -0.369 e. The third kappa shape index (κ3) is 3.91. The van der Waals surface area contributed by atoms with Gasteiger partial charge in [0.15, 0.2) is 5.78 Å².